The smallest absolute Gasteiger partial charge is 0.250 e. The van der Waals surface area contributed by atoms with E-state index in [1.807, 2.05) is 26.0 Å². The molecule has 3 aliphatic rings. The van der Waals surface area contributed by atoms with Crippen LogP contribution in [-0.4, -0.2) is 39.9 Å². The van der Waals surface area contributed by atoms with Crippen LogP contribution in [0, 0.1) is 31.5 Å². The largest absolute Gasteiger partial charge is 0.392 e. The fraction of sp³-hybridized carbons (Fsp3) is 0.375. The Morgan fingerprint density at radius 1 is 1.09 bits per heavy atom. The second-order valence-corrected chi connectivity index (χ2v) is 9.00. The molecular weight excluding hydrogens is 413 g/mol. The van der Waals surface area contributed by atoms with Gasteiger partial charge in [0.05, 0.1) is 24.5 Å². The Kier molecular flexibility index (Phi) is 4.51. The summed E-state index contributed by atoms with van der Waals surface area (Å²) in [5.41, 5.74) is 2.32. The molecule has 0 bridgehead atoms. The summed E-state index contributed by atoms with van der Waals surface area (Å²) >= 11 is 0. The zero-order chi connectivity index (χ0) is 22.9. The van der Waals surface area contributed by atoms with Gasteiger partial charge in [-0.05, 0) is 49.6 Å². The maximum atomic E-state index is 13.6. The van der Waals surface area contributed by atoms with Crippen LogP contribution in [0.2, 0.25) is 0 Å². The molecule has 8 heteroatoms. The number of carbonyl (C=O) groups excluding carboxylic acids is 3. The van der Waals surface area contributed by atoms with E-state index in [-0.39, 0.29) is 6.54 Å². The predicted molar refractivity (Wildman–Crippen MR) is 114 cm³/mol. The molecule has 7 nitrogen and oxygen atoms in total. The number of anilines is 1. The molecule has 32 heavy (non-hydrogen) atoms. The van der Waals surface area contributed by atoms with E-state index in [0.29, 0.717) is 16.8 Å². The zero-order valence-electron chi connectivity index (χ0n) is 18.0. The first-order chi connectivity index (χ1) is 15.2. The van der Waals surface area contributed by atoms with Crippen molar-refractivity contribution in [2.24, 2.45) is 11.8 Å². The highest BCUT2D eigenvalue weighted by molar-refractivity contribution is 6.15. The van der Waals surface area contributed by atoms with Gasteiger partial charge in [-0.25, -0.2) is 4.39 Å². The normalized spacial score (nSPS) is 29.5. The average Bonchev–Trinajstić information content (AvgIpc) is 3.34. The van der Waals surface area contributed by atoms with Crippen molar-refractivity contribution in [1.82, 2.24) is 10.2 Å². The third kappa shape index (κ3) is 2.63. The number of aliphatic hydroxyl groups is 1. The number of halogens is 1. The fourth-order valence-corrected chi connectivity index (χ4v) is 5.45. The SMILES string of the molecule is Cc1ccc2c(c1C)NC(=O)[C@@]21N[C@H]([C@@H](C)O)[C@H]2C(=O)N(Cc3ccc(F)cc3)C(=O)[C@H]21. The van der Waals surface area contributed by atoms with Gasteiger partial charge in [0.15, 0.2) is 0 Å². The van der Waals surface area contributed by atoms with Crippen molar-refractivity contribution in [3.05, 3.63) is 64.5 Å². The Bertz CT molecular complexity index is 1160. The van der Waals surface area contributed by atoms with Crippen molar-refractivity contribution in [1.29, 1.82) is 0 Å². The Morgan fingerprint density at radius 2 is 1.78 bits per heavy atom. The van der Waals surface area contributed by atoms with Gasteiger partial charge in [-0.3, -0.25) is 24.6 Å². The Morgan fingerprint density at radius 3 is 2.44 bits per heavy atom. The maximum absolute atomic E-state index is 13.6. The van der Waals surface area contributed by atoms with E-state index >= 15 is 0 Å². The van der Waals surface area contributed by atoms with Gasteiger partial charge in [0.25, 0.3) is 0 Å². The number of likely N-dealkylation sites (tertiary alicyclic amines) is 1. The molecule has 0 unspecified atom stereocenters. The molecular formula is C24H24FN3O4. The Hall–Kier alpha value is -3.10. The molecule has 2 aromatic carbocycles. The van der Waals surface area contributed by atoms with E-state index in [4.69, 9.17) is 0 Å². The van der Waals surface area contributed by atoms with Crippen molar-refractivity contribution >= 4 is 23.4 Å². The molecule has 3 N–H and O–H groups in total. The van der Waals surface area contributed by atoms with Gasteiger partial charge in [0, 0.05) is 17.3 Å². The molecule has 5 atom stereocenters. The topological polar surface area (TPSA) is 98.7 Å². The number of nitrogens with zero attached hydrogens (tertiary/aromatic N) is 1. The monoisotopic (exact) mass is 437 g/mol. The second kappa shape index (κ2) is 6.95. The molecule has 0 aromatic heterocycles. The average molecular weight is 437 g/mol. The first-order valence-electron chi connectivity index (χ1n) is 10.6. The van der Waals surface area contributed by atoms with E-state index in [1.54, 1.807) is 6.92 Å². The molecule has 0 aliphatic carbocycles. The minimum absolute atomic E-state index is 0.0189. The van der Waals surface area contributed by atoms with Crippen LogP contribution < -0.4 is 10.6 Å². The molecule has 3 heterocycles. The summed E-state index contributed by atoms with van der Waals surface area (Å²) in [5.74, 6) is -3.60. The summed E-state index contributed by atoms with van der Waals surface area (Å²) in [4.78, 5) is 41.6. The third-order valence-electron chi connectivity index (χ3n) is 7.22. The van der Waals surface area contributed by atoms with E-state index in [1.165, 1.54) is 24.3 Å². The van der Waals surface area contributed by atoms with Crippen molar-refractivity contribution in [3.8, 4) is 0 Å². The fourth-order valence-electron chi connectivity index (χ4n) is 5.45. The highest BCUT2D eigenvalue weighted by atomic mass is 19.1. The highest BCUT2D eigenvalue weighted by Crippen LogP contribution is 2.54. The van der Waals surface area contributed by atoms with Crippen molar-refractivity contribution in [2.75, 3.05) is 5.32 Å². The van der Waals surface area contributed by atoms with E-state index < -0.39 is 53.1 Å². The Labute approximate surface area is 184 Å². The number of hydrogen-bond acceptors (Lipinski definition) is 5. The third-order valence-corrected chi connectivity index (χ3v) is 7.22. The molecule has 0 saturated carbocycles. The van der Waals surface area contributed by atoms with Gasteiger partial charge in [0.1, 0.15) is 11.4 Å². The number of rotatable bonds is 3. The van der Waals surface area contributed by atoms with Gasteiger partial charge >= 0.3 is 0 Å². The van der Waals surface area contributed by atoms with Gasteiger partial charge in [0.2, 0.25) is 17.7 Å². The number of aliphatic hydroxyl groups excluding tert-OH is 1. The van der Waals surface area contributed by atoms with Crippen LogP contribution in [0.1, 0.15) is 29.2 Å². The van der Waals surface area contributed by atoms with E-state index in [9.17, 15) is 23.9 Å². The number of amides is 3. The number of benzene rings is 2. The summed E-state index contributed by atoms with van der Waals surface area (Å²) in [7, 11) is 0. The number of nitrogens with one attached hydrogen (secondary N) is 2. The molecule has 166 valence electrons. The van der Waals surface area contributed by atoms with Crippen LogP contribution >= 0.6 is 0 Å². The first kappa shape index (κ1) is 20.8. The standard InChI is InChI=1S/C24H24FN3O4/c1-11-4-9-16-19(12(11)2)26-23(32)24(16)18-17(20(27-24)13(3)29)21(30)28(22(18)31)10-14-5-7-15(25)8-6-14/h4-9,13,17-18,20,27,29H,10H2,1-3H3,(H,26,32)/t13-,17+,18+,20-,24-/m1/s1. The molecule has 2 aromatic rings. The first-order valence-corrected chi connectivity index (χ1v) is 10.6. The predicted octanol–water partition coefficient (Wildman–Crippen LogP) is 1.74. The van der Waals surface area contributed by atoms with E-state index in [2.05, 4.69) is 10.6 Å². The van der Waals surface area contributed by atoms with Gasteiger partial charge in [-0.1, -0.05) is 24.3 Å². The molecule has 3 aliphatic heterocycles. The minimum atomic E-state index is -1.44. The van der Waals surface area contributed by atoms with Crippen LogP contribution in [0.25, 0.3) is 0 Å². The number of hydrogen-bond donors (Lipinski definition) is 3. The van der Waals surface area contributed by atoms with Gasteiger partial charge in [-0.2, -0.15) is 0 Å². The number of carbonyl (C=O) groups is 3. The minimum Gasteiger partial charge on any atom is -0.392 e. The zero-order valence-corrected chi connectivity index (χ0v) is 18.0. The molecule has 2 fully saturated rings. The maximum Gasteiger partial charge on any atom is 0.250 e. The van der Waals surface area contributed by atoms with Gasteiger partial charge in [-0.15, -0.1) is 0 Å². The summed E-state index contributed by atoms with van der Waals surface area (Å²) in [6.45, 7) is 5.36. The molecule has 1 spiro atoms. The number of imide groups is 1. The van der Waals surface area contributed by atoms with Crippen LogP contribution in [-0.2, 0) is 26.5 Å². The molecule has 0 radical (unpaired) electrons. The summed E-state index contributed by atoms with van der Waals surface area (Å²) in [6, 6.07) is 8.52. The second-order valence-electron chi connectivity index (χ2n) is 9.00. The molecule has 5 rings (SSSR count). The highest BCUT2D eigenvalue weighted by Gasteiger charge is 2.71. The van der Waals surface area contributed by atoms with Crippen LogP contribution in [0.15, 0.2) is 36.4 Å². The number of fused-ring (bicyclic) bond motifs is 4. The van der Waals surface area contributed by atoms with E-state index in [0.717, 1.165) is 16.0 Å². The lowest BCUT2D eigenvalue weighted by Crippen LogP contribution is -2.54. The van der Waals surface area contributed by atoms with Crippen molar-refractivity contribution in [3.63, 3.8) is 0 Å². The van der Waals surface area contributed by atoms with Crippen LogP contribution in [0.4, 0.5) is 10.1 Å². The van der Waals surface area contributed by atoms with Crippen LogP contribution in [0.3, 0.4) is 0 Å². The van der Waals surface area contributed by atoms with Gasteiger partial charge < -0.3 is 10.4 Å². The summed E-state index contributed by atoms with van der Waals surface area (Å²) in [6.07, 6.45) is -0.965. The quantitative estimate of drug-likeness (QED) is 0.636. The summed E-state index contributed by atoms with van der Waals surface area (Å²) in [5, 5.41) is 16.6. The summed E-state index contributed by atoms with van der Waals surface area (Å²) < 4.78 is 13.3. The Balaban J connectivity index is 1.62. The van der Waals surface area contributed by atoms with Crippen molar-refractivity contribution < 1.29 is 23.9 Å². The lowest BCUT2D eigenvalue weighted by atomic mass is 9.76. The molecule has 3 amide bonds. The number of aryl methyl sites for hydroxylation is 1. The lowest BCUT2D eigenvalue weighted by Gasteiger charge is -2.30. The van der Waals surface area contributed by atoms with Crippen LogP contribution in [0.5, 0.6) is 0 Å². The molecule has 2 saturated heterocycles. The lowest BCUT2D eigenvalue weighted by molar-refractivity contribution is -0.143. The van der Waals surface area contributed by atoms with Crippen molar-refractivity contribution in [2.45, 2.75) is 45.0 Å².